The highest BCUT2D eigenvalue weighted by atomic mass is 32.2. The fourth-order valence-corrected chi connectivity index (χ4v) is 3.65. The Morgan fingerprint density at radius 3 is 2.72 bits per heavy atom. The molecule has 1 aliphatic rings. The van der Waals surface area contributed by atoms with E-state index in [1.807, 2.05) is 43.5 Å². The molecule has 0 unspecified atom stereocenters. The lowest BCUT2D eigenvalue weighted by Crippen LogP contribution is -2.32. The Morgan fingerprint density at radius 2 is 1.96 bits per heavy atom. The normalized spacial score (nSPS) is 14.5. The number of fused-ring (bicyclic) bond motifs is 1. The molecule has 0 fully saturated rings. The first-order valence-electron chi connectivity index (χ1n) is 8.93. The van der Waals surface area contributed by atoms with Gasteiger partial charge in [-0.05, 0) is 79.8 Å². The third-order valence-electron chi connectivity index (χ3n) is 4.60. The fraction of sp³-hybridized carbons (Fsp3) is 0.381. The molecule has 3 nitrogen and oxygen atoms in total. The van der Waals surface area contributed by atoms with Crippen molar-refractivity contribution >= 4 is 23.4 Å². The zero-order valence-corrected chi connectivity index (χ0v) is 15.7. The lowest BCUT2D eigenvalue weighted by atomic mass is 9.92. The van der Waals surface area contributed by atoms with Gasteiger partial charge in [-0.1, -0.05) is 19.1 Å². The van der Waals surface area contributed by atoms with Crippen LogP contribution in [0.5, 0.6) is 5.75 Å². The summed E-state index contributed by atoms with van der Waals surface area (Å²) in [7, 11) is 0. The maximum atomic E-state index is 12.6. The van der Waals surface area contributed by atoms with Crippen LogP contribution in [0.15, 0.2) is 47.4 Å². The van der Waals surface area contributed by atoms with Gasteiger partial charge >= 0.3 is 0 Å². The van der Waals surface area contributed by atoms with E-state index in [9.17, 15) is 4.79 Å². The molecule has 0 saturated heterocycles. The number of anilines is 1. The predicted molar refractivity (Wildman–Crippen MR) is 105 cm³/mol. The Labute approximate surface area is 154 Å². The predicted octanol–water partition coefficient (Wildman–Crippen LogP) is 5.08. The molecule has 2 aromatic carbocycles. The summed E-state index contributed by atoms with van der Waals surface area (Å²) in [4.78, 5) is 13.7. The molecular weight excluding hydrogens is 330 g/mol. The molecule has 0 radical (unpaired) electrons. The number of carbonyl (C=O) groups excluding carboxylic acids is 1. The lowest BCUT2D eigenvalue weighted by molar-refractivity contribution is -0.122. The highest BCUT2D eigenvalue weighted by Gasteiger charge is 2.19. The molecule has 0 bridgehead atoms. The van der Waals surface area contributed by atoms with E-state index in [1.54, 1.807) is 11.8 Å². The lowest BCUT2D eigenvalue weighted by Gasteiger charge is -2.20. The van der Waals surface area contributed by atoms with Crippen LogP contribution in [0, 0.1) is 0 Å². The number of thioether (sulfide) groups is 1. The first-order chi connectivity index (χ1) is 12.2. The molecule has 2 aromatic rings. The van der Waals surface area contributed by atoms with Crippen molar-refractivity contribution in [2.24, 2.45) is 0 Å². The second-order valence-electron chi connectivity index (χ2n) is 6.37. The van der Waals surface area contributed by atoms with Crippen molar-refractivity contribution in [2.75, 3.05) is 11.6 Å². The number of ether oxygens (including phenoxy) is 1. The number of rotatable bonds is 6. The molecule has 0 heterocycles. The number of benzene rings is 2. The van der Waals surface area contributed by atoms with Crippen LogP contribution in [0.1, 0.15) is 37.3 Å². The summed E-state index contributed by atoms with van der Waals surface area (Å²) < 4.78 is 6.00. The van der Waals surface area contributed by atoms with Gasteiger partial charge in [-0.3, -0.25) is 4.79 Å². The Morgan fingerprint density at radius 1 is 1.16 bits per heavy atom. The summed E-state index contributed by atoms with van der Waals surface area (Å²) in [6, 6.07) is 14.1. The maximum absolute atomic E-state index is 12.6. The third kappa shape index (κ3) is 4.57. The number of aryl methyl sites for hydroxylation is 2. The number of hydrogen-bond donors (Lipinski definition) is 1. The van der Waals surface area contributed by atoms with Gasteiger partial charge in [-0.2, -0.15) is 0 Å². The number of carbonyl (C=O) groups is 1. The molecule has 0 aliphatic heterocycles. The summed E-state index contributed by atoms with van der Waals surface area (Å²) in [5.74, 6) is 0.694. The van der Waals surface area contributed by atoms with Gasteiger partial charge in [0.05, 0.1) is 0 Å². The molecule has 1 atom stereocenters. The molecular formula is C21H25NO2S. The van der Waals surface area contributed by atoms with Crippen LogP contribution in [-0.4, -0.2) is 18.3 Å². The van der Waals surface area contributed by atoms with E-state index in [1.165, 1.54) is 24.0 Å². The van der Waals surface area contributed by atoms with Crippen LogP contribution in [0.3, 0.4) is 0 Å². The molecule has 0 aromatic heterocycles. The maximum Gasteiger partial charge on any atom is 0.265 e. The molecule has 3 rings (SSSR count). The minimum absolute atomic E-state index is 0.0986. The molecule has 4 heteroatoms. The molecule has 0 saturated carbocycles. The van der Waals surface area contributed by atoms with Crippen molar-refractivity contribution in [2.45, 2.75) is 50.0 Å². The second-order valence-corrected chi connectivity index (χ2v) is 7.25. The molecule has 132 valence electrons. The minimum atomic E-state index is -0.487. The van der Waals surface area contributed by atoms with Gasteiger partial charge in [0.15, 0.2) is 6.10 Å². The summed E-state index contributed by atoms with van der Waals surface area (Å²) in [6.45, 7) is 1.97. The van der Waals surface area contributed by atoms with Gasteiger partial charge in [0, 0.05) is 10.6 Å². The average Bonchev–Trinajstić information content (AvgIpc) is 2.66. The van der Waals surface area contributed by atoms with Crippen molar-refractivity contribution in [3.63, 3.8) is 0 Å². The molecule has 0 spiro atoms. The quantitative estimate of drug-likeness (QED) is 0.734. The van der Waals surface area contributed by atoms with Gasteiger partial charge < -0.3 is 10.1 Å². The first kappa shape index (κ1) is 17.9. The van der Waals surface area contributed by atoms with Crippen LogP contribution < -0.4 is 10.1 Å². The average molecular weight is 356 g/mol. The van der Waals surface area contributed by atoms with Gasteiger partial charge in [0.25, 0.3) is 5.91 Å². The standard InChI is InChI=1S/C21H25NO2S/c1-3-20(21(23)22-17-9-6-10-19(14-17)25-2)24-18-12-11-15-7-4-5-8-16(15)13-18/h6,9-14,20H,3-5,7-8H2,1-2H3,(H,22,23)/t20-/m0/s1. The van der Waals surface area contributed by atoms with Crippen molar-refractivity contribution in [1.82, 2.24) is 0 Å². The number of nitrogens with one attached hydrogen (secondary N) is 1. The van der Waals surface area contributed by atoms with Crippen LogP contribution in [0.25, 0.3) is 0 Å². The Hall–Kier alpha value is -1.94. The van der Waals surface area contributed by atoms with Crippen molar-refractivity contribution in [3.05, 3.63) is 53.6 Å². The summed E-state index contributed by atoms with van der Waals surface area (Å²) in [5, 5.41) is 2.97. The third-order valence-corrected chi connectivity index (χ3v) is 5.32. The highest BCUT2D eigenvalue weighted by molar-refractivity contribution is 7.98. The van der Waals surface area contributed by atoms with Gasteiger partial charge in [-0.15, -0.1) is 11.8 Å². The first-order valence-corrected chi connectivity index (χ1v) is 10.2. The van der Waals surface area contributed by atoms with E-state index in [0.717, 1.165) is 29.2 Å². The van der Waals surface area contributed by atoms with Crippen LogP contribution in [0.4, 0.5) is 5.69 Å². The zero-order valence-electron chi connectivity index (χ0n) is 14.9. The SMILES string of the molecule is CC[C@H](Oc1ccc2c(c1)CCCC2)C(=O)Nc1cccc(SC)c1. The topological polar surface area (TPSA) is 38.3 Å². The van der Waals surface area contributed by atoms with Gasteiger partial charge in [0.2, 0.25) is 0 Å². The molecule has 25 heavy (non-hydrogen) atoms. The van der Waals surface area contributed by atoms with Crippen molar-refractivity contribution < 1.29 is 9.53 Å². The Balaban J connectivity index is 1.68. The van der Waals surface area contributed by atoms with E-state index < -0.39 is 6.10 Å². The zero-order chi connectivity index (χ0) is 17.6. The van der Waals surface area contributed by atoms with Crippen LogP contribution >= 0.6 is 11.8 Å². The fourth-order valence-electron chi connectivity index (χ4n) is 3.19. The number of hydrogen-bond acceptors (Lipinski definition) is 3. The molecule has 1 amide bonds. The van der Waals surface area contributed by atoms with E-state index in [2.05, 4.69) is 17.4 Å². The number of amides is 1. The Bertz CT molecular complexity index is 744. The summed E-state index contributed by atoms with van der Waals surface area (Å²) >= 11 is 1.66. The second kappa shape index (κ2) is 8.43. The van der Waals surface area contributed by atoms with Crippen LogP contribution in [0.2, 0.25) is 0 Å². The van der Waals surface area contributed by atoms with E-state index in [0.29, 0.717) is 6.42 Å². The van der Waals surface area contributed by atoms with Crippen molar-refractivity contribution in [3.8, 4) is 5.75 Å². The Kier molecular flexibility index (Phi) is 6.03. The van der Waals surface area contributed by atoms with E-state index in [4.69, 9.17) is 4.74 Å². The monoisotopic (exact) mass is 355 g/mol. The highest BCUT2D eigenvalue weighted by Crippen LogP contribution is 2.26. The van der Waals surface area contributed by atoms with Gasteiger partial charge in [-0.25, -0.2) is 0 Å². The largest absolute Gasteiger partial charge is 0.481 e. The van der Waals surface area contributed by atoms with E-state index >= 15 is 0 Å². The summed E-state index contributed by atoms with van der Waals surface area (Å²) in [5.41, 5.74) is 3.60. The molecule has 1 N–H and O–H groups in total. The van der Waals surface area contributed by atoms with E-state index in [-0.39, 0.29) is 5.91 Å². The van der Waals surface area contributed by atoms with Crippen molar-refractivity contribution in [1.29, 1.82) is 0 Å². The minimum Gasteiger partial charge on any atom is -0.481 e. The van der Waals surface area contributed by atoms with Crippen LogP contribution in [-0.2, 0) is 17.6 Å². The smallest absolute Gasteiger partial charge is 0.265 e. The summed E-state index contributed by atoms with van der Waals surface area (Å²) in [6.07, 6.45) is 6.93. The molecule has 1 aliphatic carbocycles. The van der Waals surface area contributed by atoms with Gasteiger partial charge in [0.1, 0.15) is 5.75 Å².